The standard InChI is InChI=1S/C21H19N3S/c1-2-8-15(9-3-1)21(20-14-16-10-4-7-13-19(16)25-20)24-18-12-6-5-11-17(18)22-23-24/h1-3,5-6,8-9,11-12,14,21H,4,7,10,13H2. The summed E-state index contributed by atoms with van der Waals surface area (Å²) in [5.41, 5.74) is 4.83. The van der Waals surface area contributed by atoms with E-state index < -0.39 is 0 Å². The Morgan fingerprint density at radius 1 is 0.920 bits per heavy atom. The van der Waals surface area contributed by atoms with Gasteiger partial charge >= 0.3 is 0 Å². The van der Waals surface area contributed by atoms with Crippen molar-refractivity contribution in [1.29, 1.82) is 0 Å². The predicted molar refractivity (Wildman–Crippen MR) is 102 cm³/mol. The van der Waals surface area contributed by atoms with Gasteiger partial charge in [-0.05, 0) is 55.0 Å². The molecule has 4 aromatic rings. The van der Waals surface area contributed by atoms with Gasteiger partial charge in [0.25, 0.3) is 0 Å². The van der Waals surface area contributed by atoms with E-state index in [1.165, 1.54) is 41.7 Å². The lowest BCUT2D eigenvalue weighted by Gasteiger charge is -2.17. The molecule has 124 valence electrons. The molecule has 25 heavy (non-hydrogen) atoms. The van der Waals surface area contributed by atoms with Crippen molar-refractivity contribution >= 4 is 22.4 Å². The van der Waals surface area contributed by atoms with Crippen LogP contribution >= 0.6 is 11.3 Å². The molecule has 0 saturated carbocycles. The Hall–Kier alpha value is -2.46. The number of thiophene rings is 1. The molecule has 2 aromatic carbocycles. The van der Waals surface area contributed by atoms with Crippen LogP contribution in [0.2, 0.25) is 0 Å². The molecule has 2 heterocycles. The number of aryl methyl sites for hydroxylation is 2. The van der Waals surface area contributed by atoms with Crippen LogP contribution in [0, 0.1) is 0 Å². The van der Waals surface area contributed by atoms with Crippen LogP contribution in [0.5, 0.6) is 0 Å². The summed E-state index contributed by atoms with van der Waals surface area (Å²) in [5.74, 6) is 0. The summed E-state index contributed by atoms with van der Waals surface area (Å²) >= 11 is 1.96. The molecule has 0 aliphatic heterocycles. The van der Waals surface area contributed by atoms with Crippen LogP contribution in [0.25, 0.3) is 11.0 Å². The SMILES string of the molecule is c1ccc(C(c2cc3c(s2)CCCC3)n2nnc3ccccc32)cc1. The second-order valence-electron chi connectivity index (χ2n) is 6.64. The fourth-order valence-corrected chi connectivity index (χ4v) is 5.16. The second kappa shape index (κ2) is 6.12. The fraction of sp³-hybridized carbons (Fsp3) is 0.238. The van der Waals surface area contributed by atoms with E-state index in [4.69, 9.17) is 0 Å². The van der Waals surface area contributed by atoms with Gasteiger partial charge in [0.2, 0.25) is 0 Å². The summed E-state index contributed by atoms with van der Waals surface area (Å²) in [7, 11) is 0. The Morgan fingerprint density at radius 2 is 1.72 bits per heavy atom. The molecule has 1 aliphatic rings. The van der Waals surface area contributed by atoms with Crippen LogP contribution < -0.4 is 0 Å². The van der Waals surface area contributed by atoms with Crippen LogP contribution in [0.15, 0.2) is 60.7 Å². The molecule has 0 N–H and O–H groups in total. The van der Waals surface area contributed by atoms with Gasteiger partial charge < -0.3 is 0 Å². The Bertz CT molecular complexity index is 992. The van der Waals surface area contributed by atoms with Crippen molar-refractivity contribution in [3.63, 3.8) is 0 Å². The zero-order valence-electron chi connectivity index (χ0n) is 13.9. The number of benzene rings is 2. The third kappa shape index (κ3) is 2.57. The molecule has 1 atom stereocenters. The molecule has 0 fully saturated rings. The predicted octanol–water partition coefficient (Wildman–Crippen LogP) is 5.01. The number of para-hydroxylation sites is 1. The third-order valence-electron chi connectivity index (χ3n) is 5.02. The average molecular weight is 345 g/mol. The molecule has 0 amide bonds. The maximum Gasteiger partial charge on any atom is 0.113 e. The summed E-state index contributed by atoms with van der Waals surface area (Å²) in [5, 5.41) is 8.92. The zero-order valence-corrected chi connectivity index (χ0v) is 14.7. The Labute approximate surface area is 150 Å². The van der Waals surface area contributed by atoms with E-state index in [2.05, 4.69) is 63.5 Å². The Morgan fingerprint density at radius 3 is 2.60 bits per heavy atom. The van der Waals surface area contributed by atoms with Crippen LogP contribution in [-0.2, 0) is 12.8 Å². The first-order valence-corrected chi connectivity index (χ1v) is 9.68. The lowest BCUT2D eigenvalue weighted by atomic mass is 9.97. The van der Waals surface area contributed by atoms with Crippen molar-refractivity contribution in [3.8, 4) is 0 Å². The van der Waals surface area contributed by atoms with E-state index in [1.54, 1.807) is 4.88 Å². The Balaban J connectivity index is 1.71. The number of aromatic nitrogens is 3. The van der Waals surface area contributed by atoms with Crippen molar-refractivity contribution in [2.75, 3.05) is 0 Å². The number of rotatable bonds is 3. The molecular weight excluding hydrogens is 326 g/mol. The monoisotopic (exact) mass is 345 g/mol. The molecule has 0 radical (unpaired) electrons. The molecule has 0 saturated heterocycles. The van der Waals surface area contributed by atoms with Crippen molar-refractivity contribution in [2.24, 2.45) is 0 Å². The average Bonchev–Trinajstić information content (AvgIpc) is 3.28. The van der Waals surface area contributed by atoms with E-state index in [-0.39, 0.29) is 6.04 Å². The number of hydrogen-bond donors (Lipinski definition) is 0. The molecule has 2 aromatic heterocycles. The topological polar surface area (TPSA) is 30.7 Å². The summed E-state index contributed by atoms with van der Waals surface area (Å²) in [6, 6.07) is 21.4. The van der Waals surface area contributed by atoms with Crippen molar-refractivity contribution in [1.82, 2.24) is 15.0 Å². The van der Waals surface area contributed by atoms with E-state index >= 15 is 0 Å². The summed E-state index contributed by atoms with van der Waals surface area (Å²) < 4.78 is 2.09. The lowest BCUT2D eigenvalue weighted by Crippen LogP contribution is -2.12. The minimum Gasteiger partial charge on any atom is -0.232 e. The normalized spacial score (nSPS) is 15.2. The highest BCUT2D eigenvalue weighted by atomic mass is 32.1. The van der Waals surface area contributed by atoms with Gasteiger partial charge in [-0.25, -0.2) is 4.68 Å². The lowest BCUT2D eigenvalue weighted by molar-refractivity contribution is 0.595. The maximum atomic E-state index is 4.53. The van der Waals surface area contributed by atoms with Gasteiger partial charge in [-0.15, -0.1) is 16.4 Å². The molecule has 1 aliphatic carbocycles. The van der Waals surface area contributed by atoms with Gasteiger partial charge in [-0.3, -0.25) is 0 Å². The van der Waals surface area contributed by atoms with Gasteiger partial charge in [0.1, 0.15) is 11.6 Å². The quantitative estimate of drug-likeness (QED) is 0.522. The third-order valence-corrected chi connectivity index (χ3v) is 6.31. The molecule has 0 bridgehead atoms. The summed E-state index contributed by atoms with van der Waals surface area (Å²) in [4.78, 5) is 2.93. The Kier molecular flexibility index (Phi) is 3.63. The number of hydrogen-bond acceptors (Lipinski definition) is 3. The van der Waals surface area contributed by atoms with Gasteiger partial charge in [0, 0.05) is 9.75 Å². The largest absolute Gasteiger partial charge is 0.232 e. The highest BCUT2D eigenvalue weighted by Crippen LogP contribution is 2.38. The first-order chi connectivity index (χ1) is 12.4. The van der Waals surface area contributed by atoms with Crippen molar-refractivity contribution < 1.29 is 0 Å². The number of fused-ring (bicyclic) bond motifs is 2. The van der Waals surface area contributed by atoms with Crippen LogP contribution in [-0.4, -0.2) is 15.0 Å². The summed E-state index contributed by atoms with van der Waals surface area (Å²) in [6.45, 7) is 0. The minimum absolute atomic E-state index is 0.0872. The first kappa shape index (κ1) is 14.8. The van der Waals surface area contributed by atoms with Crippen molar-refractivity contribution in [3.05, 3.63) is 81.5 Å². The van der Waals surface area contributed by atoms with E-state index in [0.717, 1.165) is 11.0 Å². The molecular formula is C21H19N3S. The number of nitrogens with zero attached hydrogens (tertiary/aromatic N) is 3. The second-order valence-corrected chi connectivity index (χ2v) is 7.81. The highest BCUT2D eigenvalue weighted by molar-refractivity contribution is 7.12. The smallest absolute Gasteiger partial charge is 0.113 e. The van der Waals surface area contributed by atoms with E-state index in [9.17, 15) is 0 Å². The summed E-state index contributed by atoms with van der Waals surface area (Å²) in [6.07, 6.45) is 5.06. The van der Waals surface area contributed by atoms with Crippen LogP contribution in [0.3, 0.4) is 0 Å². The van der Waals surface area contributed by atoms with Gasteiger partial charge in [-0.2, -0.15) is 0 Å². The minimum atomic E-state index is 0.0872. The van der Waals surface area contributed by atoms with E-state index in [1.807, 2.05) is 23.5 Å². The van der Waals surface area contributed by atoms with Crippen LogP contribution in [0.1, 0.15) is 39.8 Å². The maximum absolute atomic E-state index is 4.53. The highest BCUT2D eigenvalue weighted by Gasteiger charge is 2.24. The molecule has 5 rings (SSSR count). The first-order valence-electron chi connectivity index (χ1n) is 8.86. The van der Waals surface area contributed by atoms with Gasteiger partial charge in [0.15, 0.2) is 0 Å². The molecule has 0 spiro atoms. The zero-order chi connectivity index (χ0) is 16.6. The van der Waals surface area contributed by atoms with E-state index in [0.29, 0.717) is 0 Å². The molecule has 4 heteroatoms. The van der Waals surface area contributed by atoms with Gasteiger partial charge in [0.05, 0.1) is 5.52 Å². The van der Waals surface area contributed by atoms with Gasteiger partial charge in [-0.1, -0.05) is 47.7 Å². The van der Waals surface area contributed by atoms with Crippen LogP contribution in [0.4, 0.5) is 0 Å². The molecule has 1 unspecified atom stereocenters. The fourth-order valence-electron chi connectivity index (χ4n) is 3.79. The van der Waals surface area contributed by atoms with Crippen molar-refractivity contribution in [2.45, 2.75) is 31.7 Å². The molecule has 3 nitrogen and oxygen atoms in total.